The van der Waals surface area contributed by atoms with Crippen LogP contribution in [0.1, 0.15) is 13.3 Å². The van der Waals surface area contributed by atoms with Crippen molar-refractivity contribution in [3.8, 4) is 6.07 Å². The number of nitriles is 1. The first-order valence-electron chi connectivity index (χ1n) is 4.22. The van der Waals surface area contributed by atoms with Crippen LogP contribution in [0.2, 0.25) is 0 Å². The van der Waals surface area contributed by atoms with Crippen LogP contribution >= 0.6 is 0 Å². The molecule has 0 amide bonds. The van der Waals surface area contributed by atoms with Gasteiger partial charge in [0.25, 0.3) is 0 Å². The molecule has 0 aliphatic heterocycles. The molecule has 0 radical (unpaired) electrons. The molecule has 1 N–H and O–H groups in total. The molecule has 0 spiro atoms. The zero-order valence-corrected chi connectivity index (χ0v) is 7.72. The lowest BCUT2D eigenvalue weighted by atomic mass is 10.2. The minimum absolute atomic E-state index is 0.0905. The molecule has 14 heavy (non-hydrogen) atoms. The zero-order chi connectivity index (χ0) is 10.6. The van der Waals surface area contributed by atoms with E-state index in [0.29, 0.717) is 0 Å². The van der Waals surface area contributed by atoms with E-state index in [4.69, 9.17) is 5.26 Å². The van der Waals surface area contributed by atoms with E-state index in [0.717, 1.165) is 18.2 Å². The number of rotatable bonds is 3. The minimum atomic E-state index is -0.517. The Morgan fingerprint density at radius 2 is 2.21 bits per heavy atom. The first-order chi connectivity index (χ1) is 6.63. The fourth-order valence-electron chi connectivity index (χ4n) is 1.06. The number of hydrogen-bond donors (Lipinski definition) is 1. The molecule has 0 aliphatic rings. The summed E-state index contributed by atoms with van der Waals surface area (Å²) >= 11 is 0. The average molecular weight is 196 g/mol. The van der Waals surface area contributed by atoms with Crippen molar-refractivity contribution < 1.29 is 8.78 Å². The summed E-state index contributed by atoms with van der Waals surface area (Å²) in [5, 5.41) is 11.1. The second-order valence-electron chi connectivity index (χ2n) is 3.03. The van der Waals surface area contributed by atoms with Crippen LogP contribution in [0.4, 0.5) is 14.5 Å². The molecular formula is C10H10F2N2. The quantitative estimate of drug-likeness (QED) is 0.806. The molecule has 4 heteroatoms. The summed E-state index contributed by atoms with van der Waals surface area (Å²) in [5.74, 6) is -1.02. The van der Waals surface area contributed by atoms with Gasteiger partial charge in [-0.1, -0.05) is 0 Å². The third-order valence-electron chi connectivity index (χ3n) is 1.73. The van der Waals surface area contributed by atoms with Crippen LogP contribution in [-0.2, 0) is 0 Å². The van der Waals surface area contributed by atoms with E-state index in [1.807, 2.05) is 6.07 Å². The highest BCUT2D eigenvalue weighted by molar-refractivity contribution is 5.45. The van der Waals surface area contributed by atoms with Gasteiger partial charge in [-0.05, 0) is 25.1 Å². The van der Waals surface area contributed by atoms with E-state index in [-0.39, 0.29) is 18.2 Å². The van der Waals surface area contributed by atoms with Gasteiger partial charge in [0, 0.05) is 6.04 Å². The lowest BCUT2D eigenvalue weighted by Crippen LogP contribution is -2.15. The molecule has 0 aliphatic carbocycles. The van der Waals surface area contributed by atoms with Gasteiger partial charge in [-0.25, -0.2) is 8.78 Å². The number of anilines is 1. The smallest absolute Gasteiger partial charge is 0.146 e. The second-order valence-corrected chi connectivity index (χ2v) is 3.03. The van der Waals surface area contributed by atoms with E-state index in [1.165, 1.54) is 0 Å². The maximum absolute atomic E-state index is 13.1. The van der Waals surface area contributed by atoms with Crippen molar-refractivity contribution >= 4 is 5.69 Å². The predicted octanol–water partition coefficient (Wildman–Crippen LogP) is 2.68. The van der Waals surface area contributed by atoms with E-state index < -0.39 is 11.6 Å². The van der Waals surface area contributed by atoms with Gasteiger partial charge in [0.2, 0.25) is 0 Å². The third-order valence-corrected chi connectivity index (χ3v) is 1.73. The molecule has 0 saturated heterocycles. The fourth-order valence-corrected chi connectivity index (χ4v) is 1.06. The topological polar surface area (TPSA) is 35.8 Å². The van der Waals surface area contributed by atoms with Crippen molar-refractivity contribution in [3.05, 3.63) is 29.8 Å². The molecule has 0 saturated carbocycles. The van der Waals surface area contributed by atoms with Crippen molar-refractivity contribution in [2.75, 3.05) is 5.32 Å². The summed E-state index contributed by atoms with van der Waals surface area (Å²) in [6.45, 7) is 1.73. The van der Waals surface area contributed by atoms with E-state index >= 15 is 0 Å². The minimum Gasteiger partial charge on any atom is -0.379 e. The van der Waals surface area contributed by atoms with Gasteiger partial charge in [-0.3, -0.25) is 0 Å². The normalized spacial score (nSPS) is 11.9. The van der Waals surface area contributed by atoms with Gasteiger partial charge < -0.3 is 5.32 Å². The van der Waals surface area contributed by atoms with Crippen LogP contribution in [0.3, 0.4) is 0 Å². The lowest BCUT2D eigenvalue weighted by Gasteiger charge is -2.12. The first kappa shape index (κ1) is 10.5. The molecule has 2 nitrogen and oxygen atoms in total. The molecule has 0 heterocycles. The molecular weight excluding hydrogens is 186 g/mol. The standard InChI is InChI=1S/C10H10F2N2/c1-7(4-5-13)14-10-6-8(11)2-3-9(10)12/h2-3,6-7,14H,4H2,1H3. The summed E-state index contributed by atoms with van der Waals surface area (Å²) in [6, 6.07) is 4.92. The molecule has 0 fully saturated rings. The highest BCUT2D eigenvalue weighted by Gasteiger charge is 2.06. The summed E-state index contributed by atoms with van der Waals surface area (Å²) in [4.78, 5) is 0. The Labute approximate surface area is 81.2 Å². The molecule has 1 aromatic rings. The summed E-state index contributed by atoms with van der Waals surface area (Å²) < 4.78 is 25.8. The van der Waals surface area contributed by atoms with Gasteiger partial charge in [0.05, 0.1) is 18.2 Å². The lowest BCUT2D eigenvalue weighted by molar-refractivity contribution is 0.600. The Kier molecular flexibility index (Phi) is 3.41. The Balaban J connectivity index is 2.76. The largest absolute Gasteiger partial charge is 0.379 e. The number of hydrogen-bond acceptors (Lipinski definition) is 2. The molecule has 1 unspecified atom stereocenters. The Bertz CT molecular complexity index is 358. The molecule has 0 aromatic heterocycles. The SMILES string of the molecule is CC(CC#N)Nc1cc(F)ccc1F. The summed E-state index contributed by atoms with van der Waals surface area (Å²) in [5.41, 5.74) is 0.0905. The molecule has 1 atom stereocenters. The molecule has 1 aromatic carbocycles. The zero-order valence-electron chi connectivity index (χ0n) is 7.72. The van der Waals surface area contributed by atoms with Crippen molar-refractivity contribution in [3.63, 3.8) is 0 Å². The van der Waals surface area contributed by atoms with E-state index in [1.54, 1.807) is 6.92 Å². The maximum Gasteiger partial charge on any atom is 0.146 e. The number of benzene rings is 1. The van der Waals surface area contributed by atoms with Gasteiger partial charge in [-0.15, -0.1) is 0 Å². The van der Waals surface area contributed by atoms with E-state index in [2.05, 4.69) is 5.32 Å². The van der Waals surface area contributed by atoms with Crippen molar-refractivity contribution in [2.45, 2.75) is 19.4 Å². The molecule has 1 rings (SSSR count). The van der Waals surface area contributed by atoms with Crippen LogP contribution in [0.25, 0.3) is 0 Å². The highest BCUT2D eigenvalue weighted by Crippen LogP contribution is 2.16. The predicted molar refractivity (Wildman–Crippen MR) is 49.7 cm³/mol. The highest BCUT2D eigenvalue weighted by atomic mass is 19.1. The number of nitrogens with zero attached hydrogens (tertiary/aromatic N) is 1. The Hall–Kier alpha value is -1.63. The van der Waals surface area contributed by atoms with Crippen LogP contribution in [0, 0.1) is 23.0 Å². The average Bonchev–Trinajstić information content (AvgIpc) is 2.12. The van der Waals surface area contributed by atoms with Crippen molar-refractivity contribution in [2.24, 2.45) is 0 Å². The van der Waals surface area contributed by atoms with Crippen LogP contribution < -0.4 is 5.32 Å². The Morgan fingerprint density at radius 1 is 1.50 bits per heavy atom. The molecule has 0 bridgehead atoms. The van der Waals surface area contributed by atoms with Gasteiger partial charge >= 0.3 is 0 Å². The summed E-state index contributed by atoms with van der Waals surface area (Å²) in [6.07, 6.45) is 0.246. The van der Waals surface area contributed by atoms with Crippen molar-refractivity contribution in [1.82, 2.24) is 0 Å². The number of halogens is 2. The first-order valence-corrected chi connectivity index (χ1v) is 4.22. The second kappa shape index (κ2) is 4.56. The van der Waals surface area contributed by atoms with Crippen LogP contribution in [0.15, 0.2) is 18.2 Å². The van der Waals surface area contributed by atoms with Crippen LogP contribution in [0.5, 0.6) is 0 Å². The molecule has 74 valence electrons. The van der Waals surface area contributed by atoms with Gasteiger partial charge in [-0.2, -0.15) is 5.26 Å². The van der Waals surface area contributed by atoms with Gasteiger partial charge in [0.1, 0.15) is 11.6 Å². The monoisotopic (exact) mass is 196 g/mol. The Morgan fingerprint density at radius 3 is 2.86 bits per heavy atom. The summed E-state index contributed by atoms with van der Waals surface area (Å²) in [7, 11) is 0. The third kappa shape index (κ3) is 2.70. The van der Waals surface area contributed by atoms with Crippen LogP contribution in [-0.4, -0.2) is 6.04 Å². The fraction of sp³-hybridized carbons (Fsp3) is 0.300. The maximum atomic E-state index is 13.1. The van der Waals surface area contributed by atoms with Crippen molar-refractivity contribution in [1.29, 1.82) is 5.26 Å². The number of nitrogens with one attached hydrogen (secondary N) is 1. The van der Waals surface area contributed by atoms with Gasteiger partial charge in [0.15, 0.2) is 0 Å². The van der Waals surface area contributed by atoms with E-state index in [9.17, 15) is 8.78 Å².